The van der Waals surface area contributed by atoms with Crippen molar-refractivity contribution in [2.45, 2.75) is 27.2 Å². The molecule has 0 aromatic heterocycles. The Kier molecular flexibility index (Phi) is 5.24. The van der Waals surface area contributed by atoms with Gasteiger partial charge in [0, 0.05) is 26.2 Å². The van der Waals surface area contributed by atoms with Gasteiger partial charge in [-0.2, -0.15) is 4.31 Å². The number of aryl methyl sites for hydroxylation is 2. The predicted octanol–water partition coefficient (Wildman–Crippen LogP) is 1.34. The summed E-state index contributed by atoms with van der Waals surface area (Å²) in [5.41, 5.74) is 3.31. The number of carbonyl (C=O) groups is 1. The molecule has 0 aliphatic carbocycles. The Morgan fingerprint density at radius 3 is 2.36 bits per heavy atom. The van der Waals surface area contributed by atoms with E-state index in [9.17, 15) is 13.2 Å². The first-order valence-corrected chi connectivity index (χ1v) is 9.26. The Morgan fingerprint density at radius 2 is 1.77 bits per heavy atom. The van der Waals surface area contributed by atoms with E-state index in [0.29, 0.717) is 32.6 Å². The summed E-state index contributed by atoms with van der Waals surface area (Å²) >= 11 is 0. The van der Waals surface area contributed by atoms with Crippen molar-refractivity contribution < 1.29 is 13.2 Å². The first-order valence-electron chi connectivity index (χ1n) is 7.65. The van der Waals surface area contributed by atoms with Crippen molar-refractivity contribution in [3.05, 3.63) is 34.9 Å². The Morgan fingerprint density at radius 1 is 1.14 bits per heavy atom. The first kappa shape index (κ1) is 17.0. The average Bonchev–Trinajstić information content (AvgIpc) is 2.51. The highest BCUT2D eigenvalue weighted by molar-refractivity contribution is 7.89. The molecule has 1 aromatic rings. The van der Waals surface area contributed by atoms with Gasteiger partial charge < -0.3 is 4.90 Å². The number of amides is 1. The maximum absolute atomic E-state index is 12.4. The lowest BCUT2D eigenvalue weighted by Gasteiger charge is -2.34. The van der Waals surface area contributed by atoms with Crippen molar-refractivity contribution in [1.82, 2.24) is 9.21 Å². The predicted molar refractivity (Wildman–Crippen MR) is 87.2 cm³/mol. The van der Waals surface area contributed by atoms with Crippen LogP contribution in [0.2, 0.25) is 0 Å². The summed E-state index contributed by atoms with van der Waals surface area (Å²) in [5.74, 6) is 0.186. The topological polar surface area (TPSA) is 57.7 Å². The summed E-state index contributed by atoms with van der Waals surface area (Å²) in [7, 11) is -3.15. The van der Waals surface area contributed by atoms with Gasteiger partial charge >= 0.3 is 0 Å². The van der Waals surface area contributed by atoms with Gasteiger partial charge in [0.25, 0.3) is 0 Å². The molecule has 0 N–H and O–H groups in total. The van der Waals surface area contributed by atoms with Crippen LogP contribution in [-0.2, 0) is 21.2 Å². The molecule has 6 heteroatoms. The van der Waals surface area contributed by atoms with E-state index in [1.165, 1.54) is 4.31 Å². The van der Waals surface area contributed by atoms with Crippen LogP contribution in [0.25, 0.3) is 0 Å². The fraction of sp³-hybridized carbons (Fsp3) is 0.562. The molecule has 0 unspecified atom stereocenters. The number of sulfonamides is 1. The second-order valence-electron chi connectivity index (χ2n) is 5.79. The molecular formula is C16H24N2O3S. The number of hydrogen-bond acceptors (Lipinski definition) is 3. The highest BCUT2D eigenvalue weighted by Gasteiger charge is 2.27. The number of nitrogens with zero attached hydrogens (tertiary/aromatic N) is 2. The van der Waals surface area contributed by atoms with E-state index in [0.717, 1.165) is 16.7 Å². The van der Waals surface area contributed by atoms with Gasteiger partial charge in [-0.05, 0) is 31.9 Å². The Hall–Kier alpha value is -1.40. The molecule has 1 saturated heterocycles. The Bertz CT molecular complexity index is 647. The number of piperazine rings is 1. The molecule has 0 saturated carbocycles. The van der Waals surface area contributed by atoms with Crippen molar-refractivity contribution in [2.24, 2.45) is 0 Å². The van der Waals surface area contributed by atoms with E-state index < -0.39 is 10.0 Å². The zero-order valence-corrected chi connectivity index (χ0v) is 14.3. The maximum Gasteiger partial charge on any atom is 0.227 e. The van der Waals surface area contributed by atoms with Crippen LogP contribution >= 0.6 is 0 Å². The molecule has 2 rings (SSSR count). The number of carbonyl (C=O) groups excluding carboxylic acids is 1. The summed E-state index contributed by atoms with van der Waals surface area (Å²) in [5, 5.41) is 0. The number of rotatable bonds is 4. The van der Waals surface area contributed by atoms with Crippen LogP contribution in [0.5, 0.6) is 0 Å². The van der Waals surface area contributed by atoms with Crippen LogP contribution in [0.3, 0.4) is 0 Å². The fourth-order valence-electron chi connectivity index (χ4n) is 2.66. The Labute approximate surface area is 133 Å². The van der Waals surface area contributed by atoms with Gasteiger partial charge in [0.05, 0.1) is 12.2 Å². The summed E-state index contributed by atoms with van der Waals surface area (Å²) in [6.07, 6.45) is 0.383. The zero-order chi connectivity index (χ0) is 16.3. The lowest BCUT2D eigenvalue weighted by atomic mass is 10.0. The number of hydrogen-bond donors (Lipinski definition) is 0. The second-order valence-corrected chi connectivity index (χ2v) is 8.04. The monoisotopic (exact) mass is 324 g/mol. The minimum atomic E-state index is -3.15. The molecule has 1 fully saturated rings. The molecule has 1 aromatic carbocycles. The summed E-state index contributed by atoms with van der Waals surface area (Å²) < 4.78 is 25.1. The van der Waals surface area contributed by atoms with Crippen LogP contribution in [0.4, 0.5) is 0 Å². The quantitative estimate of drug-likeness (QED) is 0.840. The third-order valence-electron chi connectivity index (χ3n) is 4.20. The smallest absolute Gasteiger partial charge is 0.227 e. The molecule has 122 valence electrons. The lowest BCUT2D eigenvalue weighted by molar-refractivity contribution is -0.131. The molecular weight excluding hydrogens is 300 g/mol. The molecule has 22 heavy (non-hydrogen) atoms. The van der Waals surface area contributed by atoms with Crippen LogP contribution in [0, 0.1) is 13.8 Å². The molecule has 0 atom stereocenters. The molecule has 0 bridgehead atoms. The van der Waals surface area contributed by atoms with E-state index in [-0.39, 0.29) is 11.7 Å². The highest BCUT2D eigenvalue weighted by atomic mass is 32.2. The second kappa shape index (κ2) is 6.79. The summed E-state index contributed by atoms with van der Waals surface area (Å²) in [4.78, 5) is 14.2. The minimum Gasteiger partial charge on any atom is -0.340 e. The lowest BCUT2D eigenvalue weighted by Crippen LogP contribution is -2.51. The van der Waals surface area contributed by atoms with Crippen LogP contribution in [0.1, 0.15) is 23.6 Å². The normalized spacial score (nSPS) is 16.8. The van der Waals surface area contributed by atoms with Crippen molar-refractivity contribution in [2.75, 3.05) is 31.9 Å². The summed E-state index contributed by atoms with van der Waals surface area (Å²) in [6, 6.07) is 6.12. The SMILES string of the molecule is CCS(=O)(=O)N1CCN(C(=O)Cc2cc(C)ccc2C)CC1. The van der Waals surface area contributed by atoms with Crippen molar-refractivity contribution in [3.8, 4) is 0 Å². The minimum absolute atomic E-state index is 0.0715. The molecule has 1 aliphatic heterocycles. The third-order valence-corrected chi connectivity index (χ3v) is 6.08. The highest BCUT2D eigenvalue weighted by Crippen LogP contribution is 2.14. The molecule has 0 spiro atoms. The largest absolute Gasteiger partial charge is 0.340 e. The molecule has 1 amide bonds. The van der Waals surface area contributed by atoms with E-state index in [2.05, 4.69) is 0 Å². The van der Waals surface area contributed by atoms with Crippen LogP contribution in [0.15, 0.2) is 18.2 Å². The van der Waals surface area contributed by atoms with E-state index >= 15 is 0 Å². The average molecular weight is 324 g/mol. The standard InChI is InChI=1S/C16H24N2O3S/c1-4-22(20,21)18-9-7-17(8-10-18)16(19)12-15-11-13(2)5-6-14(15)3/h5-6,11H,4,7-10,12H2,1-3H3. The maximum atomic E-state index is 12.4. The van der Waals surface area contributed by atoms with Gasteiger partial charge in [0.1, 0.15) is 0 Å². The van der Waals surface area contributed by atoms with Crippen molar-refractivity contribution in [3.63, 3.8) is 0 Å². The third kappa shape index (κ3) is 3.87. The van der Waals surface area contributed by atoms with E-state index in [4.69, 9.17) is 0 Å². The zero-order valence-electron chi connectivity index (χ0n) is 13.5. The van der Waals surface area contributed by atoms with E-state index in [1.807, 2.05) is 32.0 Å². The van der Waals surface area contributed by atoms with Crippen molar-refractivity contribution in [1.29, 1.82) is 0 Å². The fourth-order valence-corrected chi connectivity index (χ4v) is 3.75. The van der Waals surface area contributed by atoms with Gasteiger partial charge in [-0.15, -0.1) is 0 Å². The van der Waals surface area contributed by atoms with Gasteiger partial charge in [-0.25, -0.2) is 8.42 Å². The Balaban J connectivity index is 1.97. The number of benzene rings is 1. The first-order chi connectivity index (χ1) is 10.3. The van der Waals surface area contributed by atoms with Gasteiger partial charge in [-0.1, -0.05) is 23.8 Å². The molecule has 0 radical (unpaired) electrons. The van der Waals surface area contributed by atoms with Gasteiger partial charge in [0.2, 0.25) is 15.9 Å². The molecule has 5 nitrogen and oxygen atoms in total. The summed E-state index contributed by atoms with van der Waals surface area (Å²) in [6.45, 7) is 7.41. The van der Waals surface area contributed by atoms with Crippen LogP contribution in [-0.4, -0.2) is 55.5 Å². The van der Waals surface area contributed by atoms with Gasteiger partial charge in [-0.3, -0.25) is 4.79 Å². The molecule has 1 aliphatic rings. The van der Waals surface area contributed by atoms with Gasteiger partial charge in [0.15, 0.2) is 0 Å². The van der Waals surface area contributed by atoms with Crippen LogP contribution < -0.4 is 0 Å². The molecule has 1 heterocycles. The van der Waals surface area contributed by atoms with E-state index in [1.54, 1.807) is 11.8 Å². The van der Waals surface area contributed by atoms with Crippen molar-refractivity contribution >= 4 is 15.9 Å².